The Morgan fingerprint density at radius 3 is 2.56 bits per heavy atom. The summed E-state index contributed by atoms with van der Waals surface area (Å²) in [6.45, 7) is 0.440. The number of ether oxygens (including phenoxy) is 1. The zero-order chi connectivity index (χ0) is 23.8. The van der Waals surface area contributed by atoms with Gasteiger partial charge in [-0.2, -0.15) is 5.10 Å². The number of phenolic OH excluding ortho intramolecular Hbond substituents is 1. The molecule has 172 valence electrons. The fraction of sp³-hybridized carbons (Fsp3) is 0.154. The number of nitrogens with one attached hydrogen (secondary N) is 1. The van der Waals surface area contributed by atoms with E-state index in [2.05, 4.69) is 10.2 Å². The molecular formula is C26H21ClFN3O3. The van der Waals surface area contributed by atoms with Crippen LogP contribution in [0.15, 0.2) is 66.7 Å². The summed E-state index contributed by atoms with van der Waals surface area (Å²) in [5.74, 6) is -0.0679. The van der Waals surface area contributed by atoms with E-state index < -0.39 is 11.9 Å². The third-order valence-electron chi connectivity index (χ3n) is 6.06. The number of hydrogen-bond acceptors (Lipinski definition) is 4. The Morgan fingerprint density at radius 1 is 1.12 bits per heavy atom. The number of fused-ring (bicyclic) bond motifs is 1. The summed E-state index contributed by atoms with van der Waals surface area (Å²) >= 11 is 6.11. The average molecular weight is 478 g/mol. The largest absolute Gasteiger partial charge is 0.507 e. The molecule has 0 spiro atoms. The second-order valence-electron chi connectivity index (χ2n) is 8.07. The zero-order valence-electron chi connectivity index (χ0n) is 18.3. The van der Waals surface area contributed by atoms with Gasteiger partial charge in [-0.1, -0.05) is 35.9 Å². The Kier molecular flexibility index (Phi) is 5.71. The number of phenols is 1. The van der Waals surface area contributed by atoms with Gasteiger partial charge in [-0.25, -0.2) is 4.39 Å². The summed E-state index contributed by atoms with van der Waals surface area (Å²) in [5, 5.41) is 18.1. The number of aromatic amines is 1. The SMILES string of the molecule is COc1ccc(CCN2C(=O)c3[nH]nc(-c4cc(F)ccc4O)c3[C@@H]2c2ccc(Cl)cc2)cc1. The molecule has 2 heterocycles. The minimum absolute atomic E-state index is 0.116. The number of nitrogens with zero attached hydrogens (tertiary/aromatic N) is 2. The fourth-order valence-corrected chi connectivity index (χ4v) is 4.49. The number of hydrogen-bond donors (Lipinski definition) is 2. The van der Waals surface area contributed by atoms with E-state index in [0.29, 0.717) is 34.9 Å². The number of amides is 1. The van der Waals surface area contributed by atoms with Crippen molar-refractivity contribution in [3.8, 4) is 22.8 Å². The van der Waals surface area contributed by atoms with Crippen molar-refractivity contribution in [1.82, 2.24) is 15.1 Å². The molecule has 0 bridgehead atoms. The topological polar surface area (TPSA) is 78.5 Å². The maximum Gasteiger partial charge on any atom is 0.273 e. The summed E-state index contributed by atoms with van der Waals surface area (Å²) < 4.78 is 19.2. The molecule has 0 fully saturated rings. The number of aromatic hydroxyl groups is 1. The molecule has 1 aromatic heterocycles. The minimum atomic E-state index is -0.506. The van der Waals surface area contributed by atoms with Crippen LogP contribution in [-0.4, -0.2) is 39.8 Å². The first-order chi connectivity index (χ1) is 16.5. The van der Waals surface area contributed by atoms with Crippen molar-refractivity contribution in [2.45, 2.75) is 12.5 Å². The molecule has 34 heavy (non-hydrogen) atoms. The van der Waals surface area contributed by atoms with E-state index in [1.807, 2.05) is 36.4 Å². The Bertz CT molecular complexity index is 1350. The lowest BCUT2D eigenvalue weighted by molar-refractivity contribution is 0.0746. The lowest BCUT2D eigenvalue weighted by atomic mass is 9.95. The van der Waals surface area contributed by atoms with Crippen molar-refractivity contribution in [2.75, 3.05) is 13.7 Å². The monoisotopic (exact) mass is 477 g/mol. The Morgan fingerprint density at radius 2 is 1.85 bits per heavy atom. The number of carbonyl (C=O) groups is 1. The molecule has 0 aliphatic carbocycles. The normalized spacial score (nSPS) is 15.0. The van der Waals surface area contributed by atoms with E-state index in [9.17, 15) is 14.3 Å². The molecule has 6 nitrogen and oxygen atoms in total. The van der Waals surface area contributed by atoms with Crippen LogP contribution in [0.3, 0.4) is 0 Å². The van der Waals surface area contributed by atoms with Crippen LogP contribution < -0.4 is 4.74 Å². The predicted octanol–water partition coefficient (Wildman–Crippen LogP) is 5.37. The van der Waals surface area contributed by atoms with Crippen LogP contribution in [0.2, 0.25) is 5.02 Å². The molecule has 1 aliphatic heterocycles. The van der Waals surface area contributed by atoms with Crippen molar-refractivity contribution >= 4 is 17.5 Å². The highest BCUT2D eigenvalue weighted by atomic mass is 35.5. The van der Waals surface area contributed by atoms with Gasteiger partial charge in [0.1, 0.15) is 28.7 Å². The van der Waals surface area contributed by atoms with Gasteiger partial charge in [0.15, 0.2) is 0 Å². The minimum Gasteiger partial charge on any atom is -0.507 e. The number of H-pyrrole nitrogens is 1. The van der Waals surface area contributed by atoms with E-state index in [-0.39, 0.29) is 17.2 Å². The molecule has 8 heteroatoms. The second-order valence-corrected chi connectivity index (χ2v) is 8.51. The van der Waals surface area contributed by atoms with Crippen LogP contribution >= 0.6 is 11.6 Å². The van der Waals surface area contributed by atoms with Crippen molar-refractivity contribution in [3.05, 3.63) is 100.0 Å². The third kappa shape index (κ3) is 3.88. The molecule has 0 saturated heterocycles. The molecule has 0 saturated carbocycles. The molecule has 0 unspecified atom stereocenters. The van der Waals surface area contributed by atoms with E-state index >= 15 is 0 Å². The Hall–Kier alpha value is -3.84. The number of methoxy groups -OCH3 is 1. The maximum absolute atomic E-state index is 14.0. The van der Waals surface area contributed by atoms with Crippen LogP contribution in [0.25, 0.3) is 11.3 Å². The van der Waals surface area contributed by atoms with Gasteiger partial charge in [-0.3, -0.25) is 9.89 Å². The number of carbonyl (C=O) groups excluding carboxylic acids is 1. The molecular weight excluding hydrogens is 457 g/mol. The van der Waals surface area contributed by atoms with Gasteiger partial charge >= 0.3 is 0 Å². The van der Waals surface area contributed by atoms with Crippen molar-refractivity contribution in [2.24, 2.45) is 0 Å². The molecule has 0 radical (unpaired) electrons. The summed E-state index contributed by atoms with van der Waals surface area (Å²) in [4.78, 5) is 15.2. The number of aromatic nitrogens is 2. The average Bonchev–Trinajstić information content (AvgIpc) is 3.39. The standard InChI is InChI=1S/C26H21ClFN3O3/c1-34-19-9-2-15(3-10-19)12-13-31-25(16-4-6-17(27)7-5-16)22-23(29-30-24(22)26(31)33)20-14-18(28)8-11-21(20)32/h2-11,14,25,32H,12-13H2,1H3,(H,29,30)/t25-/m0/s1. The maximum atomic E-state index is 14.0. The van der Waals surface area contributed by atoms with E-state index in [0.717, 1.165) is 16.9 Å². The van der Waals surface area contributed by atoms with Crippen LogP contribution in [-0.2, 0) is 6.42 Å². The number of halogens is 2. The first-order valence-electron chi connectivity index (χ1n) is 10.7. The van der Waals surface area contributed by atoms with Crippen LogP contribution in [0.1, 0.15) is 33.2 Å². The number of rotatable bonds is 6. The predicted molar refractivity (Wildman–Crippen MR) is 127 cm³/mol. The van der Waals surface area contributed by atoms with Gasteiger partial charge < -0.3 is 14.7 Å². The molecule has 2 N–H and O–H groups in total. The first-order valence-corrected chi connectivity index (χ1v) is 11.1. The van der Waals surface area contributed by atoms with Gasteiger partial charge in [0.05, 0.1) is 13.2 Å². The smallest absolute Gasteiger partial charge is 0.273 e. The van der Waals surface area contributed by atoms with Gasteiger partial charge in [0, 0.05) is 22.7 Å². The molecule has 4 aromatic rings. The van der Waals surface area contributed by atoms with Crippen molar-refractivity contribution in [3.63, 3.8) is 0 Å². The van der Waals surface area contributed by atoms with E-state index in [1.165, 1.54) is 18.2 Å². The van der Waals surface area contributed by atoms with Gasteiger partial charge in [-0.05, 0) is 60.0 Å². The lowest BCUT2D eigenvalue weighted by Gasteiger charge is -2.26. The summed E-state index contributed by atoms with van der Waals surface area (Å²) in [5.41, 5.74) is 3.38. The molecule has 5 rings (SSSR count). The number of benzene rings is 3. The Balaban J connectivity index is 1.56. The lowest BCUT2D eigenvalue weighted by Crippen LogP contribution is -2.31. The fourth-order valence-electron chi connectivity index (χ4n) is 4.36. The molecule has 1 atom stereocenters. The van der Waals surface area contributed by atoms with Gasteiger partial charge in [0.25, 0.3) is 5.91 Å². The Labute approximate surface area is 200 Å². The molecule has 1 aliphatic rings. The van der Waals surface area contributed by atoms with E-state index in [4.69, 9.17) is 16.3 Å². The zero-order valence-corrected chi connectivity index (χ0v) is 19.0. The van der Waals surface area contributed by atoms with Crippen LogP contribution in [0.4, 0.5) is 4.39 Å². The van der Waals surface area contributed by atoms with Gasteiger partial charge in [0.2, 0.25) is 0 Å². The first kappa shape index (κ1) is 22.0. The van der Waals surface area contributed by atoms with Gasteiger partial charge in [-0.15, -0.1) is 0 Å². The van der Waals surface area contributed by atoms with Crippen LogP contribution in [0, 0.1) is 5.82 Å². The quantitative estimate of drug-likeness (QED) is 0.391. The van der Waals surface area contributed by atoms with Crippen molar-refractivity contribution < 1.29 is 19.0 Å². The third-order valence-corrected chi connectivity index (χ3v) is 6.32. The summed E-state index contributed by atoms with van der Waals surface area (Å²) in [6.07, 6.45) is 0.623. The highest BCUT2D eigenvalue weighted by Crippen LogP contribution is 2.44. The summed E-state index contributed by atoms with van der Waals surface area (Å²) in [7, 11) is 1.62. The van der Waals surface area contributed by atoms with Crippen LogP contribution in [0.5, 0.6) is 11.5 Å². The van der Waals surface area contributed by atoms with E-state index in [1.54, 1.807) is 24.1 Å². The highest BCUT2D eigenvalue weighted by Gasteiger charge is 2.42. The highest BCUT2D eigenvalue weighted by molar-refractivity contribution is 6.30. The molecule has 3 aromatic carbocycles. The molecule has 1 amide bonds. The summed E-state index contributed by atoms with van der Waals surface area (Å²) in [6, 6.07) is 18.1. The van der Waals surface area contributed by atoms with Crippen molar-refractivity contribution in [1.29, 1.82) is 0 Å². The second kappa shape index (κ2) is 8.83.